The first-order chi connectivity index (χ1) is 15.1. The number of nitrogens with zero attached hydrogens (tertiary/aromatic N) is 5. The van der Waals surface area contributed by atoms with Gasteiger partial charge < -0.3 is 15.5 Å². The Hall–Kier alpha value is -1.46. The predicted octanol–water partition coefficient (Wildman–Crippen LogP) is 3.81. The molecule has 0 unspecified atom stereocenters. The van der Waals surface area contributed by atoms with E-state index in [1.165, 1.54) is 35.7 Å². The van der Waals surface area contributed by atoms with Crippen LogP contribution in [0.4, 0.5) is 10.1 Å². The standard InChI is InChI=1S/C23H33FN6S.HI/c1-2-22-27-20(17-31-22)16-28-9-7-18(8-10-28)15-26-23(25)30-13-11-29(12-14-30)21-5-3-19(24)4-6-21;/h3-6,17-18H,2,7-16H2,1H3,(H2,25,26);1H. The van der Waals surface area contributed by atoms with Gasteiger partial charge >= 0.3 is 0 Å². The highest BCUT2D eigenvalue weighted by Crippen LogP contribution is 2.21. The molecule has 0 radical (unpaired) electrons. The minimum Gasteiger partial charge on any atom is -0.370 e. The van der Waals surface area contributed by atoms with Gasteiger partial charge in [0, 0.05) is 50.3 Å². The first-order valence-corrected chi connectivity index (χ1v) is 12.2. The molecule has 0 aliphatic carbocycles. The molecule has 32 heavy (non-hydrogen) atoms. The van der Waals surface area contributed by atoms with E-state index in [9.17, 15) is 4.39 Å². The molecule has 0 amide bonds. The summed E-state index contributed by atoms with van der Waals surface area (Å²) >= 11 is 1.77. The number of guanidine groups is 1. The average molecular weight is 573 g/mol. The fourth-order valence-corrected chi connectivity index (χ4v) is 5.04. The number of aryl methyl sites for hydroxylation is 1. The number of hydrogen-bond acceptors (Lipinski definition) is 5. The number of aliphatic imine (C=N–C) groups is 1. The second kappa shape index (κ2) is 12.1. The number of likely N-dealkylation sites (tertiary alicyclic amines) is 1. The summed E-state index contributed by atoms with van der Waals surface area (Å²) in [7, 11) is 0. The van der Waals surface area contributed by atoms with E-state index in [4.69, 9.17) is 15.7 Å². The van der Waals surface area contributed by atoms with Crippen molar-refractivity contribution < 1.29 is 4.39 Å². The van der Waals surface area contributed by atoms with Gasteiger partial charge in [0.25, 0.3) is 0 Å². The van der Waals surface area contributed by atoms with E-state index in [2.05, 4.69) is 27.0 Å². The monoisotopic (exact) mass is 572 g/mol. The first-order valence-electron chi connectivity index (χ1n) is 11.3. The molecule has 2 aliphatic heterocycles. The molecule has 0 saturated carbocycles. The fourth-order valence-electron chi connectivity index (χ4n) is 4.31. The second-order valence-electron chi connectivity index (χ2n) is 8.46. The van der Waals surface area contributed by atoms with Crippen LogP contribution < -0.4 is 10.6 Å². The lowest BCUT2D eigenvalue weighted by molar-refractivity contribution is 0.179. The molecule has 0 bridgehead atoms. The molecule has 0 spiro atoms. The van der Waals surface area contributed by atoms with Gasteiger partial charge in [-0.05, 0) is 62.5 Å². The van der Waals surface area contributed by atoms with Crippen LogP contribution in [0.1, 0.15) is 30.5 Å². The van der Waals surface area contributed by atoms with E-state index in [-0.39, 0.29) is 29.8 Å². The molecule has 1 aromatic carbocycles. The average Bonchev–Trinajstić information content (AvgIpc) is 3.26. The van der Waals surface area contributed by atoms with E-state index in [1.807, 2.05) is 12.1 Å². The van der Waals surface area contributed by atoms with Crippen LogP contribution in [0.3, 0.4) is 0 Å². The highest BCUT2D eigenvalue weighted by atomic mass is 127. The molecular weight excluding hydrogens is 538 g/mol. The van der Waals surface area contributed by atoms with Crippen molar-refractivity contribution in [3.8, 4) is 0 Å². The van der Waals surface area contributed by atoms with Crippen molar-refractivity contribution in [3.05, 3.63) is 46.2 Å². The van der Waals surface area contributed by atoms with E-state index in [1.54, 1.807) is 11.3 Å². The quantitative estimate of drug-likeness (QED) is 0.324. The lowest BCUT2D eigenvalue weighted by Crippen LogP contribution is -2.51. The summed E-state index contributed by atoms with van der Waals surface area (Å²) in [6.07, 6.45) is 3.35. The molecule has 2 aliphatic rings. The van der Waals surface area contributed by atoms with Gasteiger partial charge in [0.2, 0.25) is 0 Å². The van der Waals surface area contributed by atoms with Gasteiger partial charge in [-0.15, -0.1) is 35.3 Å². The third-order valence-corrected chi connectivity index (χ3v) is 7.34. The maximum Gasteiger partial charge on any atom is 0.191 e. The van der Waals surface area contributed by atoms with Crippen LogP contribution in [0, 0.1) is 11.7 Å². The minimum absolute atomic E-state index is 0. The number of halogens is 2. The van der Waals surface area contributed by atoms with Crippen molar-refractivity contribution >= 4 is 47.0 Å². The normalized spacial score (nSPS) is 18.6. The lowest BCUT2D eigenvalue weighted by Gasteiger charge is -2.37. The van der Waals surface area contributed by atoms with Crippen molar-refractivity contribution in [2.75, 3.05) is 50.7 Å². The van der Waals surface area contributed by atoms with Crippen LogP contribution in [-0.2, 0) is 13.0 Å². The molecule has 3 heterocycles. The van der Waals surface area contributed by atoms with Crippen LogP contribution in [-0.4, -0.2) is 66.6 Å². The molecule has 1 aromatic heterocycles. The topological polar surface area (TPSA) is 61.0 Å². The van der Waals surface area contributed by atoms with Crippen LogP contribution in [0.2, 0.25) is 0 Å². The number of anilines is 1. The van der Waals surface area contributed by atoms with E-state index in [0.717, 1.165) is 64.5 Å². The van der Waals surface area contributed by atoms with Gasteiger partial charge in [-0.2, -0.15) is 0 Å². The molecule has 0 atom stereocenters. The van der Waals surface area contributed by atoms with E-state index in [0.29, 0.717) is 11.9 Å². The van der Waals surface area contributed by atoms with E-state index < -0.39 is 0 Å². The van der Waals surface area contributed by atoms with Gasteiger partial charge in [-0.1, -0.05) is 6.92 Å². The Labute approximate surface area is 211 Å². The molecule has 176 valence electrons. The third-order valence-electron chi connectivity index (χ3n) is 6.30. The van der Waals surface area contributed by atoms with Crippen molar-refractivity contribution in [3.63, 3.8) is 0 Å². The largest absolute Gasteiger partial charge is 0.370 e. The summed E-state index contributed by atoms with van der Waals surface area (Å²) in [5.41, 5.74) is 8.58. The van der Waals surface area contributed by atoms with Crippen LogP contribution >= 0.6 is 35.3 Å². The Kier molecular flexibility index (Phi) is 9.54. The van der Waals surface area contributed by atoms with Gasteiger partial charge in [0.15, 0.2) is 5.96 Å². The first kappa shape index (κ1) is 25.2. The lowest BCUT2D eigenvalue weighted by atomic mass is 9.97. The summed E-state index contributed by atoms with van der Waals surface area (Å²) in [6.45, 7) is 9.59. The summed E-state index contributed by atoms with van der Waals surface area (Å²) in [5, 5.41) is 3.43. The molecule has 2 saturated heterocycles. The molecule has 2 N–H and O–H groups in total. The van der Waals surface area contributed by atoms with Gasteiger partial charge in [0.05, 0.1) is 10.7 Å². The maximum atomic E-state index is 13.1. The van der Waals surface area contributed by atoms with Crippen molar-refractivity contribution in [1.82, 2.24) is 14.8 Å². The summed E-state index contributed by atoms with van der Waals surface area (Å²) in [5.74, 6) is 1.08. The Morgan fingerprint density at radius 1 is 1.12 bits per heavy atom. The zero-order chi connectivity index (χ0) is 21.6. The third kappa shape index (κ3) is 6.77. The number of piperazine rings is 1. The number of hydrogen-bond donors (Lipinski definition) is 1. The van der Waals surface area contributed by atoms with E-state index >= 15 is 0 Å². The predicted molar refractivity (Wildman–Crippen MR) is 142 cm³/mol. The molecule has 2 aromatic rings. The summed E-state index contributed by atoms with van der Waals surface area (Å²) in [6, 6.07) is 6.71. The van der Waals surface area contributed by atoms with Crippen LogP contribution in [0.25, 0.3) is 0 Å². The Morgan fingerprint density at radius 3 is 2.44 bits per heavy atom. The number of rotatable bonds is 6. The molecule has 4 rings (SSSR count). The molecule has 6 nitrogen and oxygen atoms in total. The Morgan fingerprint density at radius 2 is 1.81 bits per heavy atom. The zero-order valence-electron chi connectivity index (χ0n) is 18.8. The number of thiazole rings is 1. The smallest absolute Gasteiger partial charge is 0.191 e. The van der Waals surface area contributed by atoms with Crippen molar-refractivity contribution in [2.45, 2.75) is 32.7 Å². The van der Waals surface area contributed by atoms with Gasteiger partial charge in [-0.25, -0.2) is 9.37 Å². The highest BCUT2D eigenvalue weighted by molar-refractivity contribution is 14.0. The van der Waals surface area contributed by atoms with Gasteiger partial charge in [-0.3, -0.25) is 9.89 Å². The number of aromatic nitrogens is 1. The van der Waals surface area contributed by atoms with Crippen molar-refractivity contribution in [2.24, 2.45) is 16.6 Å². The number of nitrogens with two attached hydrogens (primary N) is 1. The number of piperidine rings is 1. The second-order valence-corrected chi connectivity index (χ2v) is 9.40. The van der Waals surface area contributed by atoms with Crippen molar-refractivity contribution in [1.29, 1.82) is 0 Å². The zero-order valence-corrected chi connectivity index (χ0v) is 21.9. The summed E-state index contributed by atoms with van der Waals surface area (Å²) < 4.78 is 13.1. The highest BCUT2D eigenvalue weighted by Gasteiger charge is 2.22. The Bertz CT molecular complexity index is 858. The number of benzene rings is 1. The van der Waals surface area contributed by atoms with Crippen LogP contribution in [0.5, 0.6) is 0 Å². The molecule has 2 fully saturated rings. The minimum atomic E-state index is -0.196. The fraction of sp³-hybridized carbons (Fsp3) is 0.565. The Balaban J connectivity index is 0.00000289. The molecular formula is C23H34FIN6S. The molecule has 9 heteroatoms. The SMILES string of the molecule is CCc1nc(CN2CCC(CN=C(N)N3CCN(c4ccc(F)cc4)CC3)CC2)cs1.I. The summed E-state index contributed by atoms with van der Waals surface area (Å²) in [4.78, 5) is 16.4. The van der Waals surface area contributed by atoms with Gasteiger partial charge in [0.1, 0.15) is 5.82 Å². The maximum absolute atomic E-state index is 13.1. The van der Waals surface area contributed by atoms with Crippen LogP contribution in [0.15, 0.2) is 34.6 Å².